The first kappa shape index (κ1) is 17.0. The van der Waals surface area contributed by atoms with Crippen LogP contribution >= 0.6 is 0 Å². The summed E-state index contributed by atoms with van der Waals surface area (Å²) in [6.07, 6.45) is 0.353. The molecule has 0 saturated heterocycles. The van der Waals surface area contributed by atoms with E-state index in [1.165, 1.54) is 24.3 Å². The van der Waals surface area contributed by atoms with Crippen LogP contribution in [-0.4, -0.2) is 25.1 Å². The van der Waals surface area contributed by atoms with E-state index >= 15 is 0 Å². The van der Waals surface area contributed by atoms with E-state index in [2.05, 4.69) is 10.3 Å². The molecule has 9 heteroatoms. The number of rotatable bonds is 2. The highest BCUT2D eigenvalue weighted by atomic mass is 32.2. The zero-order valence-corrected chi connectivity index (χ0v) is 13.5. The number of carbonyl (C=O) groups excluding carboxylic acids is 1. The van der Waals surface area contributed by atoms with E-state index < -0.39 is 44.3 Å². The zero-order chi connectivity index (χ0) is 18.2. The maximum atomic E-state index is 14.0. The summed E-state index contributed by atoms with van der Waals surface area (Å²) < 4.78 is 52.6. The number of aromatic nitrogens is 1. The second-order valence-electron chi connectivity index (χ2n) is 5.45. The van der Waals surface area contributed by atoms with Crippen molar-refractivity contribution < 1.29 is 22.0 Å². The van der Waals surface area contributed by atoms with Crippen molar-refractivity contribution in [3.05, 3.63) is 53.3 Å². The van der Waals surface area contributed by atoms with Gasteiger partial charge in [0.05, 0.1) is 21.9 Å². The lowest BCUT2D eigenvalue weighted by molar-refractivity contribution is -0.0126. The molecule has 1 aromatic heterocycles. The Kier molecular flexibility index (Phi) is 4.00. The molecular weight excluding hydrogens is 352 g/mol. The topological polar surface area (TPSA) is 99.9 Å². The van der Waals surface area contributed by atoms with Gasteiger partial charge in [-0.2, -0.15) is 5.26 Å². The van der Waals surface area contributed by atoms with Crippen LogP contribution in [0, 0.1) is 11.3 Å². The number of nitrogens with zero attached hydrogens (tertiary/aromatic N) is 2. The first-order valence-electron chi connectivity index (χ1n) is 7.16. The lowest BCUT2D eigenvalue weighted by Gasteiger charge is -2.26. The number of nitriles is 1. The molecule has 0 bridgehead atoms. The van der Waals surface area contributed by atoms with Crippen molar-refractivity contribution in [3.8, 4) is 6.07 Å². The number of anilines is 1. The number of hydrogen-bond donors (Lipinski definition) is 1. The van der Waals surface area contributed by atoms with Crippen molar-refractivity contribution in [2.45, 2.75) is 17.2 Å². The molecule has 6 nitrogen and oxygen atoms in total. The largest absolute Gasteiger partial charge is 0.321 e. The molecule has 1 amide bonds. The third-order valence-corrected chi connectivity index (χ3v) is 5.60. The number of sulfone groups is 1. The number of fused-ring (bicyclic) bond motifs is 1. The highest BCUT2D eigenvalue weighted by Gasteiger charge is 2.44. The van der Waals surface area contributed by atoms with Crippen LogP contribution in [0.1, 0.15) is 28.0 Å². The minimum Gasteiger partial charge on any atom is -0.321 e. The first-order chi connectivity index (χ1) is 11.7. The fourth-order valence-electron chi connectivity index (χ4n) is 2.55. The minimum atomic E-state index is -3.94. The maximum absolute atomic E-state index is 14.0. The summed E-state index contributed by atoms with van der Waals surface area (Å²) in [5, 5.41) is 11.0. The van der Waals surface area contributed by atoms with E-state index in [0.717, 1.165) is 12.3 Å². The summed E-state index contributed by atoms with van der Waals surface area (Å²) in [6.45, 7) is 0. The highest BCUT2D eigenvalue weighted by Crippen LogP contribution is 2.44. The smallest absolute Gasteiger partial charge is 0.275 e. The van der Waals surface area contributed by atoms with Gasteiger partial charge in [-0.15, -0.1) is 0 Å². The summed E-state index contributed by atoms with van der Waals surface area (Å²) in [7, 11) is -3.94. The van der Waals surface area contributed by atoms with Crippen LogP contribution in [0.5, 0.6) is 0 Å². The van der Waals surface area contributed by atoms with E-state index in [9.17, 15) is 22.0 Å². The lowest BCUT2D eigenvalue weighted by Crippen LogP contribution is -2.29. The number of alkyl halides is 2. The van der Waals surface area contributed by atoms with Gasteiger partial charge in [0.1, 0.15) is 11.8 Å². The molecule has 1 aromatic carbocycles. The summed E-state index contributed by atoms with van der Waals surface area (Å²) >= 11 is 0. The number of carbonyl (C=O) groups is 1. The number of nitrogens with one attached hydrogen (secondary N) is 1. The third kappa shape index (κ3) is 3.08. The summed E-state index contributed by atoms with van der Waals surface area (Å²) in [5.74, 6) is -4.69. The molecule has 0 saturated carbocycles. The molecule has 2 heterocycles. The fourth-order valence-corrected chi connectivity index (χ4v) is 4.28. The monoisotopic (exact) mass is 363 g/mol. The molecule has 1 aliphatic rings. The van der Waals surface area contributed by atoms with Gasteiger partial charge < -0.3 is 5.32 Å². The highest BCUT2D eigenvalue weighted by molar-refractivity contribution is 7.91. The van der Waals surface area contributed by atoms with Crippen molar-refractivity contribution in [1.29, 1.82) is 5.26 Å². The van der Waals surface area contributed by atoms with Gasteiger partial charge in [0.15, 0.2) is 9.84 Å². The number of pyridine rings is 1. The van der Waals surface area contributed by atoms with Crippen LogP contribution < -0.4 is 5.32 Å². The third-order valence-electron chi connectivity index (χ3n) is 3.79. The predicted molar refractivity (Wildman–Crippen MR) is 83.9 cm³/mol. The maximum Gasteiger partial charge on any atom is 0.275 e. The molecular formula is C16H11F2N3O3S. The molecule has 0 radical (unpaired) electrons. The van der Waals surface area contributed by atoms with Gasteiger partial charge in [-0.1, -0.05) is 12.1 Å². The van der Waals surface area contributed by atoms with Crippen LogP contribution in [-0.2, 0) is 15.8 Å². The van der Waals surface area contributed by atoms with Gasteiger partial charge in [0, 0.05) is 18.2 Å². The van der Waals surface area contributed by atoms with Crippen LogP contribution in [0.4, 0.5) is 14.5 Å². The molecule has 0 fully saturated rings. The Bertz CT molecular complexity index is 996. The Labute approximate surface area is 142 Å². The van der Waals surface area contributed by atoms with Gasteiger partial charge in [-0.25, -0.2) is 22.2 Å². The molecule has 128 valence electrons. The molecule has 0 aliphatic carbocycles. The summed E-state index contributed by atoms with van der Waals surface area (Å²) in [5.41, 5.74) is -0.645. The molecule has 0 atom stereocenters. The van der Waals surface area contributed by atoms with E-state index in [-0.39, 0.29) is 16.9 Å². The van der Waals surface area contributed by atoms with Crippen LogP contribution in [0.25, 0.3) is 0 Å². The molecule has 1 N–H and O–H groups in total. The van der Waals surface area contributed by atoms with E-state index in [4.69, 9.17) is 5.26 Å². The number of halogens is 2. The predicted octanol–water partition coefficient (Wildman–Crippen LogP) is 2.47. The van der Waals surface area contributed by atoms with Crippen LogP contribution in [0.2, 0.25) is 0 Å². The van der Waals surface area contributed by atoms with Gasteiger partial charge >= 0.3 is 0 Å². The Hall–Kier alpha value is -2.86. The Morgan fingerprint density at radius 2 is 2.04 bits per heavy atom. The van der Waals surface area contributed by atoms with Gasteiger partial charge in [0.2, 0.25) is 0 Å². The molecule has 2 aromatic rings. The van der Waals surface area contributed by atoms with Crippen LogP contribution in [0.3, 0.4) is 0 Å². The van der Waals surface area contributed by atoms with E-state index in [1.54, 1.807) is 6.07 Å². The SMILES string of the molecule is N#Cc1ccc(C(=O)Nc2cccc3c2S(=O)(=O)CCC3(F)F)cn1. The molecule has 3 rings (SSSR count). The van der Waals surface area contributed by atoms with E-state index in [1.807, 2.05) is 0 Å². The number of hydrogen-bond acceptors (Lipinski definition) is 5. The molecule has 25 heavy (non-hydrogen) atoms. The van der Waals surface area contributed by atoms with Crippen molar-refractivity contribution in [3.63, 3.8) is 0 Å². The lowest BCUT2D eigenvalue weighted by atomic mass is 10.0. The van der Waals surface area contributed by atoms with Crippen molar-refractivity contribution in [1.82, 2.24) is 4.98 Å². The average Bonchev–Trinajstić information content (AvgIpc) is 2.59. The Morgan fingerprint density at radius 1 is 1.28 bits per heavy atom. The number of amides is 1. The zero-order valence-electron chi connectivity index (χ0n) is 12.7. The minimum absolute atomic E-state index is 0.0663. The number of benzene rings is 1. The quantitative estimate of drug-likeness (QED) is 0.883. The van der Waals surface area contributed by atoms with Gasteiger partial charge in [0.25, 0.3) is 11.8 Å². The van der Waals surface area contributed by atoms with Crippen molar-refractivity contribution >= 4 is 21.4 Å². The second kappa shape index (κ2) is 5.89. The Balaban J connectivity index is 2.01. The average molecular weight is 363 g/mol. The second-order valence-corrected chi connectivity index (χ2v) is 7.50. The first-order valence-corrected chi connectivity index (χ1v) is 8.81. The summed E-state index contributed by atoms with van der Waals surface area (Å²) in [4.78, 5) is 15.4. The van der Waals surface area contributed by atoms with Crippen molar-refractivity contribution in [2.24, 2.45) is 0 Å². The summed E-state index contributed by atoms with van der Waals surface area (Å²) in [6, 6.07) is 8.02. The van der Waals surface area contributed by atoms with Gasteiger partial charge in [-0.05, 0) is 18.2 Å². The Morgan fingerprint density at radius 3 is 2.68 bits per heavy atom. The van der Waals surface area contributed by atoms with Crippen LogP contribution in [0.15, 0.2) is 41.4 Å². The van der Waals surface area contributed by atoms with E-state index in [0.29, 0.717) is 0 Å². The molecule has 0 unspecified atom stereocenters. The van der Waals surface area contributed by atoms with Gasteiger partial charge in [-0.3, -0.25) is 4.79 Å². The van der Waals surface area contributed by atoms with Crippen molar-refractivity contribution in [2.75, 3.05) is 11.1 Å². The standard InChI is InChI=1S/C16H11F2N3O3S/c17-16(18)6-7-25(23,24)14-12(16)2-1-3-13(14)21-15(22)10-4-5-11(8-19)20-9-10/h1-5,9H,6-7H2,(H,21,22). The normalized spacial score (nSPS) is 17.2. The molecule has 1 aliphatic heterocycles. The fraction of sp³-hybridized carbons (Fsp3) is 0.188. The molecule has 0 spiro atoms.